The van der Waals surface area contributed by atoms with Gasteiger partial charge in [0.25, 0.3) is 0 Å². The van der Waals surface area contributed by atoms with Gasteiger partial charge < -0.3 is 19.3 Å². The number of alkyl carbamates (subject to hydrolysis) is 1. The van der Waals surface area contributed by atoms with E-state index in [9.17, 15) is 14.7 Å². The van der Waals surface area contributed by atoms with Gasteiger partial charge in [0.1, 0.15) is 40.8 Å². The molecule has 0 aromatic heterocycles. The van der Waals surface area contributed by atoms with Crippen LogP contribution in [0.5, 0.6) is 0 Å². The molecule has 206 valence electrons. The molecule has 2 fully saturated rings. The SMILES string of the molecule is CO[C@@H]1[C@H](OC(=O)NC(=O)CCl)CC[C@](O)(C[S+](C)Cc2ccc(Br)cc2)[C@H]1[C@@]1(C)O[C@@H]1CC=C(C)C. The summed E-state index contributed by atoms with van der Waals surface area (Å²) in [6, 6.07) is 8.25. The molecule has 0 bridgehead atoms. The summed E-state index contributed by atoms with van der Waals surface area (Å²) in [5.41, 5.74) is 0.690. The smallest absolute Gasteiger partial charge is 0.414 e. The van der Waals surface area contributed by atoms with Gasteiger partial charge >= 0.3 is 6.09 Å². The third-order valence-corrected chi connectivity index (χ3v) is 9.78. The highest BCUT2D eigenvalue weighted by atomic mass is 79.9. The van der Waals surface area contributed by atoms with E-state index < -0.39 is 41.3 Å². The van der Waals surface area contributed by atoms with Crippen LogP contribution < -0.4 is 5.32 Å². The monoisotopic (exact) mass is 618 g/mol. The number of ether oxygens (including phenoxy) is 3. The second-order valence-electron chi connectivity index (χ2n) is 10.4. The first-order chi connectivity index (χ1) is 17.4. The van der Waals surface area contributed by atoms with Crippen LogP contribution >= 0.6 is 27.5 Å². The molecule has 7 atom stereocenters. The van der Waals surface area contributed by atoms with Crippen LogP contribution in [0.15, 0.2) is 40.4 Å². The molecule has 1 aliphatic heterocycles. The summed E-state index contributed by atoms with van der Waals surface area (Å²) >= 11 is 8.99. The number of imide groups is 1. The summed E-state index contributed by atoms with van der Waals surface area (Å²) in [5, 5.41) is 14.4. The van der Waals surface area contributed by atoms with Crippen molar-refractivity contribution in [2.75, 3.05) is 25.0 Å². The standard InChI is InChI=1S/C27H37BrClNO6S/c1-17(2)6-11-21-26(3,36-21)24-23(34-4)20(35-25(32)30-22(31)14-29)12-13-27(24,33)16-37(5)15-18-7-9-19(28)10-8-18/h6-10,20-21,23-24,33H,11-16H2,1-5H3/p+1/t20-,21-,23-,24-,26+,27+,37?/m1/s1. The summed E-state index contributed by atoms with van der Waals surface area (Å²) in [4.78, 5) is 23.9. The van der Waals surface area contributed by atoms with Gasteiger partial charge in [0.2, 0.25) is 5.91 Å². The van der Waals surface area contributed by atoms with Crippen LogP contribution in [0.3, 0.4) is 0 Å². The molecule has 0 radical (unpaired) electrons. The summed E-state index contributed by atoms with van der Waals surface area (Å²) < 4.78 is 18.8. The second-order valence-corrected chi connectivity index (χ2v) is 13.8. The molecule has 2 N–H and O–H groups in total. The second kappa shape index (κ2) is 12.8. The Morgan fingerprint density at radius 2 is 2.00 bits per heavy atom. The topological polar surface area (TPSA) is 97.4 Å². The number of carbonyl (C=O) groups is 2. The number of carbonyl (C=O) groups excluding carboxylic acids is 2. The minimum atomic E-state index is -1.08. The van der Waals surface area contributed by atoms with Gasteiger partial charge in [-0.3, -0.25) is 10.1 Å². The number of nitrogens with one attached hydrogen (secondary N) is 1. The van der Waals surface area contributed by atoms with Crippen molar-refractivity contribution in [3.63, 3.8) is 0 Å². The van der Waals surface area contributed by atoms with Gasteiger partial charge in [-0.1, -0.05) is 39.7 Å². The van der Waals surface area contributed by atoms with E-state index in [4.69, 9.17) is 25.8 Å². The van der Waals surface area contributed by atoms with E-state index >= 15 is 0 Å². The van der Waals surface area contributed by atoms with Gasteiger partial charge in [-0.05, 0) is 63.1 Å². The number of methoxy groups -OCH3 is 1. The third-order valence-electron chi connectivity index (χ3n) is 7.19. The third kappa shape index (κ3) is 7.73. The normalized spacial score (nSPS) is 31.8. The zero-order valence-electron chi connectivity index (χ0n) is 22.1. The molecule has 1 saturated heterocycles. The number of benzene rings is 1. The Balaban J connectivity index is 1.84. The Labute approximate surface area is 236 Å². The minimum Gasteiger partial charge on any atom is -0.443 e. The largest absolute Gasteiger partial charge is 0.443 e. The summed E-state index contributed by atoms with van der Waals surface area (Å²) in [5.74, 6) is 0.0143. The predicted molar refractivity (Wildman–Crippen MR) is 151 cm³/mol. The maximum Gasteiger partial charge on any atom is 0.414 e. The van der Waals surface area contributed by atoms with Crippen LogP contribution in [0.25, 0.3) is 0 Å². The van der Waals surface area contributed by atoms with Crippen molar-refractivity contribution < 1.29 is 28.9 Å². The molecule has 1 saturated carbocycles. The average molecular weight is 620 g/mol. The number of alkyl halides is 1. The number of amides is 2. The fourth-order valence-electron chi connectivity index (χ4n) is 5.50. The Morgan fingerprint density at radius 1 is 1.32 bits per heavy atom. The first-order valence-corrected chi connectivity index (χ1v) is 15.7. The molecule has 10 heteroatoms. The number of hydrogen-bond acceptors (Lipinski definition) is 6. The minimum absolute atomic E-state index is 0.0768. The lowest BCUT2D eigenvalue weighted by Gasteiger charge is -2.48. The molecule has 0 spiro atoms. The Kier molecular flexibility index (Phi) is 10.6. The molecule has 1 heterocycles. The lowest BCUT2D eigenvalue weighted by molar-refractivity contribution is -0.170. The molecule has 37 heavy (non-hydrogen) atoms. The molecular weight excluding hydrogens is 582 g/mol. The lowest BCUT2D eigenvalue weighted by atomic mass is 9.66. The maximum atomic E-state index is 12.4. The van der Waals surface area contributed by atoms with Gasteiger partial charge in [0.05, 0.1) is 18.3 Å². The van der Waals surface area contributed by atoms with Crippen molar-refractivity contribution in [3.05, 3.63) is 46.0 Å². The Hall–Kier alpha value is -1.10. The van der Waals surface area contributed by atoms with E-state index in [-0.39, 0.29) is 22.9 Å². The molecule has 2 amide bonds. The Morgan fingerprint density at radius 3 is 2.59 bits per heavy atom. The highest BCUT2D eigenvalue weighted by Gasteiger charge is 2.68. The van der Waals surface area contributed by atoms with Crippen LogP contribution in [0, 0.1) is 5.92 Å². The molecule has 7 nitrogen and oxygen atoms in total. The van der Waals surface area contributed by atoms with Crippen LogP contribution in [-0.4, -0.2) is 71.6 Å². The molecule has 1 aromatic rings. The van der Waals surface area contributed by atoms with E-state index in [1.54, 1.807) is 7.11 Å². The molecular formula is C27H38BrClNO6S+. The van der Waals surface area contributed by atoms with Crippen LogP contribution in [-0.2, 0) is 35.7 Å². The van der Waals surface area contributed by atoms with Crippen molar-refractivity contribution in [2.24, 2.45) is 5.92 Å². The van der Waals surface area contributed by atoms with Gasteiger partial charge in [-0.25, -0.2) is 4.79 Å². The van der Waals surface area contributed by atoms with Gasteiger partial charge in [-0.15, -0.1) is 11.6 Å². The van der Waals surface area contributed by atoms with Gasteiger partial charge in [-0.2, -0.15) is 0 Å². The first kappa shape index (κ1) is 30.4. The zero-order chi connectivity index (χ0) is 27.4. The van der Waals surface area contributed by atoms with Crippen molar-refractivity contribution in [1.82, 2.24) is 5.32 Å². The van der Waals surface area contributed by atoms with Crippen LogP contribution in [0.2, 0.25) is 0 Å². The van der Waals surface area contributed by atoms with Crippen molar-refractivity contribution >= 4 is 50.4 Å². The average Bonchev–Trinajstić information content (AvgIpc) is 3.49. The summed E-state index contributed by atoms with van der Waals surface area (Å²) in [7, 11) is 1.43. The summed E-state index contributed by atoms with van der Waals surface area (Å²) in [6.45, 7) is 6.11. The summed E-state index contributed by atoms with van der Waals surface area (Å²) in [6.07, 6.45) is 3.66. The van der Waals surface area contributed by atoms with E-state index in [0.717, 1.165) is 16.6 Å². The van der Waals surface area contributed by atoms with E-state index in [1.807, 2.05) is 32.9 Å². The Bertz CT molecular complexity index is 990. The number of epoxide rings is 1. The number of rotatable bonds is 10. The van der Waals surface area contributed by atoms with Crippen molar-refractivity contribution in [1.29, 1.82) is 0 Å². The molecule has 1 aromatic carbocycles. The van der Waals surface area contributed by atoms with Gasteiger partial charge in [0, 0.05) is 17.1 Å². The zero-order valence-corrected chi connectivity index (χ0v) is 25.2. The first-order valence-electron chi connectivity index (χ1n) is 12.4. The van der Waals surface area contributed by atoms with E-state index in [2.05, 4.69) is 45.7 Å². The maximum absolute atomic E-state index is 12.4. The number of halogens is 2. The van der Waals surface area contributed by atoms with Crippen molar-refractivity contribution in [3.8, 4) is 0 Å². The van der Waals surface area contributed by atoms with Crippen LogP contribution in [0.4, 0.5) is 4.79 Å². The highest BCUT2D eigenvalue weighted by molar-refractivity contribution is 9.10. The molecule has 1 aliphatic carbocycles. The highest BCUT2D eigenvalue weighted by Crippen LogP contribution is 2.55. The van der Waals surface area contributed by atoms with E-state index in [1.165, 1.54) is 11.1 Å². The fourth-order valence-corrected chi connectivity index (χ4v) is 7.87. The predicted octanol–water partition coefficient (Wildman–Crippen LogP) is 4.73. The van der Waals surface area contributed by atoms with E-state index in [0.29, 0.717) is 18.6 Å². The lowest BCUT2D eigenvalue weighted by Crippen LogP contribution is -2.63. The molecule has 2 aliphatic rings. The van der Waals surface area contributed by atoms with Crippen molar-refractivity contribution in [2.45, 2.75) is 75.3 Å². The fraction of sp³-hybridized carbons (Fsp3) is 0.630. The van der Waals surface area contributed by atoms with Gasteiger partial charge in [0.15, 0.2) is 0 Å². The molecule has 1 unspecified atom stereocenters. The van der Waals surface area contributed by atoms with Crippen LogP contribution in [0.1, 0.15) is 45.6 Å². The number of aliphatic hydroxyl groups is 1. The molecule has 3 rings (SSSR count). The number of hydrogen-bond donors (Lipinski definition) is 2. The quantitative estimate of drug-likeness (QED) is 0.170. The number of allylic oxidation sites excluding steroid dienone is 1.